The van der Waals surface area contributed by atoms with Crippen LogP contribution in [0.25, 0.3) is 0 Å². The number of benzene rings is 1. The third-order valence-electron chi connectivity index (χ3n) is 9.53. The summed E-state index contributed by atoms with van der Waals surface area (Å²) in [7, 11) is 5.87. The first-order valence-corrected chi connectivity index (χ1v) is 17.0. The number of allylic oxidation sites excluding steroid dienone is 3. The molecule has 4 bridgehead atoms. The number of aliphatic hydroxyl groups is 1. The lowest BCUT2D eigenvalue weighted by Crippen LogP contribution is -2.63. The minimum atomic E-state index is -1.84. The number of anilines is 1. The molecule has 13 nitrogen and oxygen atoms in total. The summed E-state index contributed by atoms with van der Waals surface area (Å²) >= 11 is 10.9. The van der Waals surface area contributed by atoms with Crippen molar-refractivity contribution in [2.45, 2.75) is 88.7 Å². The Kier molecular flexibility index (Phi) is 12.0. The summed E-state index contributed by atoms with van der Waals surface area (Å²) in [5.74, 6) is -1.77. The lowest BCUT2D eigenvalue weighted by Gasteiger charge is -2.42. The molecule has 3 aliphatic heterocycles. The van der Waals surface area contributed by atoms with Gasteiger partial charge in [0.2, 0.25) is 12.0 Å². The third kappa shape index (κ3) is 8.04. The van der Waals surface area contributed by atoms with Crippen LogP contribution < -0.4 is 15.0 Å². The van der Waals surface area contributed by atoms with Crippen LogP contribution in [0.1, 0.15) is 46.1 Å². The van der Waals surface area contributed by atoms with Crippen LogP contribution in [0.15, 0.2) is 35.9 Å². The Balaban J connectivity index is 1.82. The van der Waals surface area contributed by atoms with Crippen LogP contribution >= 0.6 is 24.2 Å². The number of nitrogens with one attached hydrogen (secondary N) is 1. The Hall–Kier alpha value is -3.30. The number of halogens is 1. The van der Waals surface area contributed by atoms with E-state index in [-0.39, 0.29) is 23.8 Å². The number of epoxide rings is 1. The predicted molar refractivity (Wildman–Crippen MR) is 185 cm³/mol. The van der Waals surface area contributed by atoms with Gasteiger partial charge in [-0.2, -0.15) is 12.6 Å². The number of hydrogen-bond donors (Lipinski definition) is 3. The van der Waals surface area contributed by atoms with Crippen molar-refractivity contribution in [3.8, 4) is 5.75 Å². The molecule has 4 rings (SSSR count). The van der Waals surface area contributed by atoms with Crippen LogP contribution in [-0.4, -0.2) is 110 Å². The number of fused-ring (bicyclic) bond motifs is 5. The van der Waals surface area contributed by atoms with E-state index in [1.165, 1.54) is 45.0 Å². The van der Waals surface area contributed by atoms with Gasteiger partial charge in [-0.3, -0.25) is 14.9 Å². The molecule has 2 N–H and O–H groups in total. The van der Waals surface area contributed by atoms with Crippen molar-refractivity contribution >= 4 is 53.8 Å². The fraction of sp³-hybridized carbons (Fsp3) is 0.588. The summed E-state index contributed by atoms with van der Waals surface area (Å²) in [5, 5.41) is 14.3. The first-order chi connectivity index (χ1) is 23.0. The third-order valence-corrected chi connectivity index (χ3v) is 10.1. The maximum Gasteiger partial charge on any atom is 0.409 e. The van der Waals surface area contributed by atoms with Crippen molar-refractivity contribution < 1.29 is 48.0 Å². The largest absolute Gasteiger partial charge is 0.495 e. The van der Waals surface area contributed by atoms with Gasteiger partial charge in [0.15, 0.2) is 5.72 Å². The van der Waals surface area contributed by atoms with Gasteiger partial charge in [0.05, 0.1) is 18.9 Å². The van der Waals surface area contributed by atoms with E-state index in [0.29, 0.717) is 23.6 Å². The highest BCUT2D eigenvalue weighted by Gasteiger charge is 2.66. The first kappa shape index (κ1) is 38.5. The molecule has 2 saturated heterocycles. The summed E-state index contributed by atoms with van der Waals surface area (Å²) < 4.78 is 28.9. The van der Waals surface area contributed by atoms with Gasteiger partial charge in [-0.15, -0.1) is 0 Å². The molecule has 3 heterocycles. The van der Waals surface area contributed by atoms with Crippen LogP contribution in [0.2, 0.25) is 5.02 Å². The second-order valence-corrected chi connectivity index (χ2v) is 13.8. The summed E-state index contributed by atoms with van der Waals surface area (Å²) in [6.45, 7) is 6.79. The Bertz CT molecular complexity index is 1520. The van der Waals surface area contributed by atoms with Crippen molar-refractivity contribution in [2.75, 3.05) is 39.0 Å². The number of likely N-dealkylation sites (N-methyl/N-ethyl adjacent to an activating group) is 2. The van der Waals surface area contributed by atoms with E-state index < -0.39 is 65.7 Å². The van der Waals surface area contributed by atoms with Gasteiger partial charge in [0, 0.05) is 40.0 Å². The van der Waals surface area contributed by atoms with Gasteiger partial charge in [0.25, 0.3) is 5.91 Å². The molecule has 0 saturated carbocycles. The average molecular weight is 724 g/mol. The summed E-state index contributed by atoms with van der Waals surface area (Å²) in [6.07, 6.45) is 0.723. The predicted octanol–water partition coefficient (Wildman–Crippen LogP) is 3.44. The van der Waals surface area contributed by atoms with Gasteiger partial charge in [0.1, 0.15) is 34.6 Å². The van der Waals surface area contributed by atoms with E-state index >= 15 is 0 Å². The zero-order chi connectivity index (χ0) is 36.4. The number of methoxy groups -OCH3 is 2. The summed E-state index contributed by atoms with van der Waals surface area (Å²) in [6, 6.07) is 2.48. The maximum atomic E-state index is 14.5. The summed E-state index contributed by atoms with van der Waals surface area (Å²) in [5.41, 5.74) is -1.25. The molecule has 1 aromatic carbocycles. The molecular formula is C34H46ClN3O10S. The van der Waals surface area contributed by atoms with Crippen molar-refractivity contribution in [2.24, 2.45) is 5.92 Å². The summed E-state index contributed by atoms with van der Waals surface area (Å²) in [4.78, 5) is 55.9. The van der Waals surface area contributed by atoms with Crippen LogP contribution in [0.5, 0.6) is 5.75 Å². The van der Waals surface area contributed by atoms with Crippen LogP contribution in [0.4, 0.5) is 10.5 Å². The highest BCUT2D eigenvalue weighted by molar-refractivity contribution is 7.80. The number of ether oxygens (including phenoxy) is 5. The second kappa shape index (κ2) is 15.3. The normalized spacial score (nSPS) is 32.5. The van der Waals surface area contributed by atoms with Gasteiger partial charge in [-0.1, -0.05) is 42.3 Å². The molecule has 270 valence electrons. The quantitative estimate of drug-likeness (QED) is 0.216. The van der Waals surface area contributed by atoms with Crippen LogP contribution in [0, 0.1) is 5.92 Å². The van der Waals surface area contributed by atoms with Gasteiger partial charge in [-0.05, 0) is 50.6 Å². The van der Waals surface area contributed by atoms with Crippen molar-refractivity contribution in [1.29, 1.82) is 0 Å². The zero-order valence-corrected chi connectivity index (χ0v) is 30.7. The number of amides is 3. The molecular weight excluding hydrogens is 678 g/mol. The molecule has 49 heavy (non-hydrogen) atoms. The number of carbonyl (C=O) groups excluding carboxylic acids is 4. The molecule has 0 radical (unpaired) electrons. The minimum Gasteiger partial charge on any atom is -0.495 e. The first-order valence-electron chi connectivity index (χ1n) is 16.0. The topological polar surface area (TPSA) is 156 Å². The van der Waals surface area contributed by atoms with Gasteiger partial charge >= 0.3 is 12.1 Å². The Morgan fingerprint density at radius 3 is 2.61 bits per heavy atom. The fourth-order valence-electron chi connectivity index (χ4n) is 6.33. The number of rotatable bonds is 7. The molecule has 0 aliphatic carbocycles. The molecule has 0 spiro atoms. The number of nitrogens with zero attached hydrogens (tertiary/aromatic N) is 2. The Morgan fingerprint density at radius 1 is 1.29 bits per heavy atom. The van der Waals surface area contributed by atoms with Gasteiger partial charge in [-0.25, -0.2) is 9.59 Å². The van der Waals surface area contributed by atoms with E-state index in [2.05, 4.69) is 17.9 Å². The van der Waals surface area contributed by atoms with Crippen LogP contribution in [-0.2, 0) is 39.8 Å². The molecule has 3 amide bonds. The lowest BCUT2D eigenvalue weighted by molar-refractivity contribution is -0.165. The molecule has 8 unspecified atom stereocenters. The minimum absolute atomic E-state index is 0.0747. The zero-order valence-electron chi connectivity index (χ0n) is 29.0. The second-order valence-electron chi connectivity index (χ2n) is 13.0. The highest BCUT2D eigenvalue weighted by atomic mass is 35.5. The number of carbonyl (C=O) groups is 4. The van der Waals surface area contributed by atoms with E-state index in [0.717, 1.165) is 11.1 Å². The van der Waals surface area contributed by atoms with E-state index in [1.54, 1.807) is 38.1 Å². The molecule has 1 aromatic rings. The smallest absolute Gasteiger partial charge is 0.409 e. The highest BCUT2D eigenvalue weighted by Crippen LogP contribution is 2.49. The van der Waals surface area contributed by atoms with Crippen molar-refractivity contribution in [3.63, 3.8) is 0 Å². The van der Waals surface area contributed by atoms with Gasteiger partial charge < -0.3 is 38.6 Å². The number of hydrogen-bond acceptors (Lipinski definition) is 11. The van der Waals surface area contributed by atoms with E-state index in [1.807, 2.05) is 13.0 Å². The fourth-order valence-corrected chi connectivity index (χ4v) is 6.84. The van der Waals surface area contributed by atoms with E-state index in [9.17, 15) is 24.3 Å². The number of thiol groups is 1. The van der Waals surface area contributed by atoms with E-state index in [4.69, 9.17) is 35.3 Å². The molecule has 8 atom stereocenters. The van der Waals surface area contributed by atoms with Crippen molar-refractivity contribution in [1.82, 2.24) is 10.2 Å². The maximum absolute atomic E-state index is 14.5. The molecule has 0 aromatic heterocycles. The monoisotopic (exact) mass is 723 g/mol. The van der Waals surface area contributed by atoms with Crippen molar-refractivity contribution in [3.05, 3.63) is 46.5 Å². The number of alkyl carbamates (subject to hydrolysis) is 1. The number of esters is 1. The lowest BCUT2D eigenvalue weighted by atomic mass is 9.84. The van der Waals surface area contributed by atoms with Crippen LogP contribution in [0.3, 0.4) is 0 Å². The molecule has 15 heteroatoms. The Morgan fingerprint density at radius 2 is 1.98 bits per heavy atom. The average Bonchev–Trinajstić information content (AvgIpc) is 3.75. The standard InChI is InChI=1S/C34H46ClN3O10S/c1-18-10-9-11-25(45-8)34(43)17-24(46-32(42)36-34)19(2)28-33(4,48-28)29(47-31(41)20(3)37(5)26(39)12-13-49)30(40)38(6)22-15-21(14-18)16-23(44-7)27(22)35/h9-11,15-16,19-20,24-25,28-29,43,49H,12-14,17H2,1-8H3,(H,36,42)/b11-9+,18-10+. The molecule has 3 aliphatic rings. The Labute approximate surface area is 297 Å². The SMILES string of the molecule is COc1cc2cc(c1Cl)N(C)C(=O)C(OC(=O)C(C)N(C)C(=O)CCS)C1(C)OC1C(C)C1CC(O)(NC(=O)O1)C(OC)/C=C/C=C(\C)C2. The molecule has 2 fully saturated rings.